The molecule has 0 bridgehead atoms. The van der Waals surface area contributed by atoms with Crippen LogP contribution in [0.2, 0.25) is 0 Å². The van der Waals surface area contributed by atoms with E-state index in [9.17, 15) is 0 Å². The second-order valence-corrected chi connectivity index (χ2v) is 5.72. The highest BCUT2D eigenvalue weighted by atomic mass is 79.9. The number of halogens is 2. The summed E-state index contributed by atoms with van der Waals surface area (Å²) in [5.41, 5.74) is 4.91. The fourth-order valence-corrected chi connectivity index (χ4v) is 3.21. The van der Waals surface area contributed by atoms with Crippen LogP contribution in [0.15, 0.2) is 46.9 Å². The van der Waals surface area contributed by atoms with Crippen LogP contribution < -0.4 is 4.90 Å². The van der Waals surface area contributed by atoms with Gasteiger partial charge in [-0.05, 0) is 42.3 Å². The molecule has 2 aromatic rings. The van der Waals surface area contributed by atoms with Crippen LogP contribution in [0.25, 0.3) is 0 Å². The average Bonchev–Trinajstić information content (AvgIpc) is 2.37. The molecule has 0 N–H and O–H groups in total. The first kappa shape index (κ1) is 13.6. The van der Waals surface area contributed by atoms with Crippen molar-refractivity contribution < 1.29 is 0 Å². The van der Waals surface area contributed by atoms with E-state index in [4.69, 9.17) is 0 Å². The summed E-state index contributed by atoms with van der Waals surface area (Å²) in [4.78, 5) is 2.19. The second kappa shape index (κ2) is 5.89. The molecule has 0 fully saturated rings. The van der Waals surface area contributed by atoms with Crippen LogP contribution in [-0.4, -0.2) is 7.05 Å². The van der Waals surface area contributed by atoms with Crippen LogP contribution >= 0.6 is 31.9 Å². The Morgan fingerprint density at radius 1 is 1.06 bits per heavy atom. The number of hydrogen-bond acceptors (Lipinski definition) is 1. The number of nitrogens with zero attached hydrogens (tertiary/aromatic N) is 1. The molecule has 3 heteroatoms. The zero-order chi connectivity index (χ0) is 13.1. The van der Waals surface area contributed by atoms with Crippen molar-refractivity contribution >= 4 is 43.2 Å². The molecular formula is C15H15Br2N. The number of aryl methyl sites for hydroxylation is 1. The van der Waals surface area contributed by atoms with Crippen LogP contribution in [0.3, 0.4) is 0 Å². The lowest BCUT2D eigenvalue weighted by Crippen LogP contribution is -2.09. The molecule has 18 heavy (non-hydrogen) atoms. The Morgan fingerprint density at radius 3 is 2.39 bits per heavy atom. The zero-order valence-electron chi connectivity index (χ0n) is 10.5. The van der Waals surface area contributed by atoms with Crippen LogP contribution in [0.1, 0.15) is 11.1 Å². The van der Waals surface area contributed by atoms with Gasteiger partial charge in [0.1, 0.15) is 0 Å². The molecule has 0 atom stereocenters. The minimum atomic E-state index is 0.863. The Kier molecular flexibility index (Phi) is 4.46. The first-order chi connectivity index (χ1) is 8.61. The van der Waals surface area contributed by atoms with Crippen molar-refractivity contribution in [2.75, 3.05) is 11.9 Å². The fraction of sp³-hybridized carbons (Fsp3) is 0.200. The average molecular weight is 369 g/mol. The van der Waals surface area contributed by atoms with Gasteiger partial charge in [0, 0.05) is 28.2 Å². The zero-order valence-corrected chi connectivity index (χ0v) is 13.6. The van der Waals surface area contributed by atoms with Crippen molar-refractivity contribution in [1.29, 1.82) is 0 Å². The predicted octanol–water partition coefficient (Wildman–Crippen LogP) is 5.42. The van der Waals surface area contributed by atoms with Crippen molar-refractivity contribution in [3.8, 4) is 0 Å². The van der Waals surface area contributed by atoms with Crippen molar-refractivity contribution in [2.45, 2.75) is 12.3 Å². The van der Waals surface area contributed by atoms with E-state index in [-0.39, 0.29) is 0 Å². The van der Waals surface area contributed by atoms with Gasteiger partial charge in [0.15, 0.2) is 0 Å². The molecule has 2 aromatic carbocycles. The van der Waals surface area contributed by atoms with Crippen molar-refractivity contribution in [3.63, 3.8) is 0 Å². The van der Waals surface area contributed by atoms with Gasteiger partial charge in [-0.1, -0.05) is 50.1 Å². The van der Waals surface area contributed by atoms with E-state index in [1.54, 1.807) is 0 Å². The minimum Gasteiger partial charge on any atom is -0.345 e. The maximum absolute atomic E-state index is 3.61. The highest BCUT2D eigenvalue weighted by Crippen LogP contribution is 2.29. The molecule has 0 amide bonds. The van der Waals surface area contributed by atoms with Gasteiger partial charge < -0.3 is 4.90 Å². The summed E-state index contributed by atoms with van der Waals surface area (Å²) in [5.74, 6) is 0. The Morgan fingerprint density at radius 2 is 1.78 bits per heavy atom. The molecule has 0 aliphatic heterocycles. The summed E-state index contributed by atoms with van der Waals surface area (Å²) < 4.78 is 1.14. The fourth-order valence-electron chi connectivity index (χ4n) is 1.84. The van der Waals surface area contributed by atoms with E-state index >= 15 is 0 Å². The third-order valence-corrected chi connectivity index (χ3v) is 4.30. The summed E-state index contributed by atoms with van der Waals surface area (Å²) in [6.45, 7) is 2.11. The van der Waals surface area contributed by atoms with Crippen LogP contribution in [0.5, 0.6) is 0 Å². The molecule has 0 spiro atoms. The van der Waals surface area contributed by atoms with E-state index in [0.29, 0.717) is 0 Å². The molecule has 0 saturated heterocycles. The topological polar surface area (TPSA) is 3.24 Å². The number of anilines is 2. The SMILES string of the molecule is Cc1cccc(N(C)c2ccc(CBr)c(Br)c2)c1. The third kappa shape index (κ3) is 2.96. The molecule has 0 unspecified atom stereocenters. The summed E-state index contributed by atoms with van der Waals surface area (Å²) >= 11 is 7.09. The third-order valence-electron chi connectivity index (χ3n) is 2.96. The van der Waals surface area contributed by atoms with E-state index in [0.717, 1.165) is 9.80 Å². The van der Waals surface area contributed by atoms with Gasteiger partial charge in [0.05, 0.1) is 0 Å². The highest BCUT2D eigenvalue weighted by Gasteiger charge is 2.06. The van der Waals surface area contributed by atoms with Gasteiger partial charge >= 0.3 is 0 Å². The maximum Gasteiger partial charge on any atom is 0.0419 e. The monoisotopic (exact) mass is 367 g/mol. The smallest absolute Gasteiger partial charge is 0.0419 e. The van der Waals surface area contributed by atoms with Crippen molar-refractivity contribution in [3.05, 3.63) is 58.1 Å². The summed E-state index contributed by atoms with van der Waals surface area (Å²) in [6, 6.07) is 14.9. The highest BCUT2D eigenvalue weighted by molar-refractivity contribution is 9.10. The molecular weight excluding hydrogens is 354 g/mol. The molecule has 94 valence electrons. The normalized spacial score (nSPS) is 10.4. The van der Waals surface area contributed by atoms with Gasteiger partial charge in [0.2, 0.25) is 0 Å². The van der Waals surface area contributed by atoms with E-state index in [1.807, 2.05) is 0 Å². The molecule has 0 heterocycles. The largest absolute Gasteiger partial charge is 0.345 e. The van der Waals surface area contributed by atoms with Gasteiger partial charge in [-0.25, -0.2) is 0 Å². The lowest BCUT2D eigenvalue weighted by atomic mass is 10.2. The van der Waals surface area contributed by atoms with E-state index < -0.39 is 0 Å². The van der Waals surface area contributed by atoms with Crippen LogP contribution in [0.4, 0.5) is 11.4 Å². The first-order valence-electron chi connectivity index (χ1n) is 5.76. The number of alkyl halides is 1. The Labute approximate surface area is 125 Å². The number of benzene rings is 2. The van der Waals surface area contributed by atoms with E-state index in [2.05, 4.69) is 93.2 Å². The molecule has 0 saturated carbocycles. The molecule has 2 rings (SSSR count). The maximum atomic E-state index is 3.61. The second-order valence-electron chi connectivity index (χ2n) is 4.31. The number of hydrogen-bond donors (Lipinski definition) is 0. The predicted molar refractivity (Wildman–Crippen MR) is 86.0 cm³/mol. The Bertz CT molecular complexity index is 552. The summed E-state index contributed by atoms with van der Waals surface area (Å²) in [6.07, 6.45) is 0. The van der Waals surface area contributed by atoms with E-state index in [1.165, 1.54) is 22.5 Å². The molecule has 0 aliphatic rings. The van der Waals surface area contributed by atoms with Gasteiger partial charge in [-0.2, -0.15) is 0 Å². The summed E-state index contributed by atoms with van der Waals surface area (Å²) in [7, 11) is 2.09. The quantitative estimate of drug-likeness (QED) is 0.653. The van der Waals surface area contributed by atoms with Crippen LogP contribution in [-0.2, 0) is 5.33 Å². The standard InChI is InChI=1S/C15H15Br2N/c1-11-4-3-5-13(8-11)18(2)14-7-6-12(10-16)15(17)9-14/h3-9H,10H2,1-2H3. The lowest BCUT2D eigenvalue weighted by molar-refractivity contribution is 1.19. The van der Waals surface area contributed by atoms with Gasteiger partial charge in [-0.3, -0.25) is 0 Å². The van der Waals surface area contributed by atoms with Gasteiger partial charge in [0.25, 0.3) is 0 Å². The Balaban J connectivity index is 2.34. The summed E-state index contributed by atoms with van der Waals surface area (Å²) in [5, 5.41) is 0.863. The molecule has 1 nitrogen and oxygen atoms in total. The van der Waals surface area contributed by atoms with Crippen LogP contribution in [0, 0.1) is 6.92 Å². The molecule has 0 aromatic heterocycles. The Hall–Kier alpha value is -0.800. The van der Waals surface area contributed by atoms with Crippen molar-refractivity contribution in [2.24, 2.45) is 0 Å². The molecule has 0 radical (unpaired) electrons. The first-order valence-corrected chi connectivity index (χ1v) is 7.68. The van der Waals surface area contributed by atoms with Gasteiger partial charge in [-0.15, -0.1) is 0 Å². The number of rotatable bonds is 3. The lowest BCUT2D eigenvalue weighted by Gasteiger charge is -2.20. The minimum absolute atomic E-state index is 0.863. The molecule has 0 aliphatic carbocycles. The van der Waals surface area contributed by atoms with Crippen molar-refractivity contribution in [1.82, 2.24) is 0 Å².